The SMILES string of the molecule is Cc1ccccc1NC(=O)[C@@H]1CCCN(S(=O)(=O)c2c(C)noc2/C=C/c2ccccc2F)C1. The lowest BCUT2D eigenvalue weighted by Gasteiger charge is -2.31. The summed E-state index contributed by atoms with van der Waals surface area (Å²) in [7, 11) is -3.99. The van der Waals surface area contributed by atoms with Gasteiger partial charge in [-0.1, -0.05) is 41.6 Å². The Morgan fingerprint density at radius 2 is 1.88 bits per heavy atom. The number of amides is 1. The highest BCUT2D eigenvalue weighted by atomic mass is 32.2. The van der Waals surface area contributed by atoms with Gasteiger partial charge in [0.15, 0.2) is 10.7 Å². The molecule has 1 N–H and O–H groups in total. The molecular formula is C25H26FN3O4S. The van der Waals surface area contributed by atoms with Gasteiger partial charge in [0.05, 0.1) is 5.92 Å². The van der Waals surface area contributed by atoms with Gasteiger partial charge in [-0.3, -0.25) is 4.79 Å². The van der Waals surface area contributed by atoms with E-state index in [-0.39, 0.29) is 35.3 Å². The number of carbonyl (C=O) groups excluding carboxylic acids is 1. The highest BCUT2D eigenvalue weighted by molar-refractivity contribution is 7.89. The summed E-state index contributed by atoms with van der Waals surface area (Å²) >= 11 is 0. The number of para-hydroxylation sites is 1. The van der Waals surface area contributed by atoms with Crippen LogP contribution in [-0.2, 0) is 14.8 Å². The van der Waals surface area contributed by atoms with Gasteiger partial charge in [-0.2, -0.15) is 4.31 Å². The second-order valence-electron chi connectivity index (χ2n) is 8.32. The first-order chi connectivity index (χ1) is 16.3. The molecule has 7 nitrogen and oxygen atoms in total. The Morgan fingerprint density at radius 1 is 1.15 bits per heavy atom. The van der Waals surface area contributed by atoms with E-state index in [1.54, 1.807) is 25.1 Å². The predicted molar refractivity (Wildman–Crippen MR) is 128 cm³/mol. The Kier molecular flexibility index (Phi) is 6.95. The minimum absolute atomic E-state index is 0.0206. The van der Waals surface area contributed by atoms with Crippen molar-refractivity contribution in [1.29, 1.82) is 0 Å². The smallest absolute Gasteiger partial charge is 0.248 e. The van der Waals surface area contributed by atoms with Crippen molar-refractivity contribution < 1.29 is 22.1 Å². The first kappa shape index (κ1) is 23.8. The monoisotopic (exact) mass is 483 g/mol. The van der Waals surface area contributed by atoms with Crippen LogP contribution < -0.4 is 5.32 Å². The number of aryl methyl sites for hydroxylation is 2. The van der Waals surface area contributed by atoms with Crippen molar-refractivity contribution >= 4 is 33.8 Å². The third kappa shape index (κ3) is 4.95. The summed E-state index contributed by atoms with van der Waals surface area (Å²) in [5, 5.41) is 6.74. The number of nitrogens with one attached hydrogen (secondary N) is 1. The summed E-state index contributed by atoms with van der Waals surface area (Å²) in [5.41, 5.74) is 2.15. The van der Waals surface area contributed by atoms with Crippen LogP contribution in [0.1, 0.15) is 35.4 Å². The van der Waals surface area contributed by atoms with E-state index in [0.717, 1.165) is 5.56 Å². The molecule has 3 aromatic rings. The molecule has 1 saturated heterocycles. The minimum atomic E-state index is -3.99. The molecule has 1 aliphatic heterocycles. The first-order valence-corrected chi connectivity index (χ1v) is 12.5. The molecule has 0 saturated carbocycles. The molecule has 1 atom stereocenters. The molecule has 0 aliphatic carbocycles. The van der Waals surface area contributed by atoms with E-state index in [1.165, 1.54) is 22.5 Å². The van der Waals surface area contributed by atoms with E-state index >= 15 is 0 Å². The van der Waals surface area contributed by atoms with Crippen LogP contribution in [-0.4, -0.2) is 36.9 Å². The summed E-state index contributed by atoms with van der Waals surface area (Å²) in [6.07, 6.45) is 3.99. The van der Waals surface area contributed by atoms with Gasteiger partial charge < -0.3 is 9.84 Å². The van der Waals surface area contributed by atoms with E-state index in [4.69, 9.17) is 4.52 Å². The summed E-state index contributed by atoms with van der Waals surface area (Å²) in [4.78, 5) is 12.8. The van der Waals surface area contributed by atoms with Gasteiger partial charge in [-0.25, -0.2) is 12.8 Å². The standard InChI is InChI=1S/C25H26FN3O4S/c1-17-8-3-6-12-22(17)27-25(30)20-10-7-15-29(16-20)34(31,32)24-18(2)28-33-23(24)14-13-19-9-4-5-11-21(19)26/h3-6,8-9,11-14,20H,7,10,15-16H2,1-2H3,(H,27,30)/b14-13+/t20-/m1/s1. The van der Waals surface area contributed by atoms with Gasteiger partial charge in [0.2, 0.25) is 15.9 Å². The van der Waals surface area contributed by atoms with Gasteiger partial charge in [0.1, 0.15) is 11.5 Å². The number of carbonyl (C=O) groups is 1. The molecule has 2 aromatic carbocycles. The van der Waals surface area contributed by atoms with Crippen molar-refractivity contribution in [1.82, 2.24) is 9.46 Å². The number of aromatic nitrogens is 1. The molecule has 1 fully saturated rings. The fraction of sp³-hybridized carbons (Fsp3) is 0.280. The molecule has 9 heteroatoms. The van der Waals surface area contributed by atoms with Crippen LogP contribution in [0, 0.1) is 25.6 Å². The van der Waals surface area contributed by atoms with Gasteiger partial charge in [-0.15, -0.1) is 0 Å². The Balaban J connectivity index is 1.55. The predicted octanol–water partition coefficient (Wildman–Crippen LogP) is 4.64. The Hall–Kier alpha value is -3.30. The summed E-state index contributed by atoms with van der Waals surface area (Å²) < 4.78 is 47.6. The van der Waals surface area contributed by atoms with Crippen LogP contribution in [0.4, 0.5) is 10.1 Å². The van der Waals surface area contributed by atoms with Crippen LogP contribution in [0.5, 0.6) is 0 Å². The van der Waals surface area contributed by atoms with Crippen LogP contribution in [0.15, 0.2) is 57.9 Å². The Labute approximate surface area is 198 Å². The topological polar surface area (TPSA) is 92.5 Å². The van der Waals surface area contributed by atoms with Gasteiger partial charge in [-0.05, 0) is 56.5 Å². The maximum atomic E-state index is 14.0. The fourth-order valence-electron chi connectivity index (χ4n) is 4.03. The van der Waals surface area contributed by atoms with Crippen molar-refractivity contribution in [3.05, 3.63) is 76.9 Å². The molecule has 34 heavy (non-hydrogen) atoms. The maximum Gasteiger partial charge on any atom is 0.248 e. The summed E-state index contributed by atoms with van der Waals surface area (Å²) in [6.45, 7) is 3.79. The molecule has 0 radical (unpaired) electrons. The van der Waals surface area contributed by atoms with E-state index in [1.807, 2.05) is 31.2 Å². The van der Waals surface area contributed by atoms with Crippen LogP contribution in [0.25, 0.3) is 12.2 Å². The largest absolute Gasteiger partial charge is 0.355 e. The van der Waals surface area contributed by atoms with E-state index in [9.17, 15) is 17.6 Å². The zero-order chi connectivity index (χ0) is 24.3. The Morgan fingerprint density at radius 3 is 2.65 bits per heavy atom. The molecule has 2 heterocycles. The maximum absolute atomic E-state index is 14.0. The molecule has 4 rings (SSSR count). The molecule has 1 aliphatic rings. The van der Waals surface area contributed by atoms with Crippen molar-refractivity contribution in [3.63, 3.8) is 0 Å². The van der Waals surface area contributed by atoms with Crippen LogP contribution >= 0.6 is 0 Å². The van der Waals surface area contributed by atoms with Gasteiger partial charge >= 0.3 is 0 Å². The lowest BCUT2D eigenvalue weighted by atomic mass is 9.98. The quantitative estimate of drug-likeness (QED) is 0.551. The van der Waals surface area contributed by atoms with E-state index in [2.05, 4.69) is 10.5 Å². The molecule has 0 bridgehead atoms. The average Bonchev–Trinajstić information content (AvgIpc) is 3.21. The summed E-state index contributed by atoms with van der Waals surface area (Å²) in [6, 6.07) is 13.6. The van der Waals surface area contributed by atoms with Crippen molar-refractivity contribution in [2.75, 3.05) is 18.4 Å². The first-order valence-electron chi connectivity index (χ1n) is 11.0. The molecule has 1 amide bonds. The molecule has 178 valence electrons. The number of benzene rings is 2. The zero-order valence-electron chi connectivity index (χ0n) is 19.0. The number of hydrogen-bond acceptors (Lipinski definition) is 5. The molecular weight excluding hydrogens is 457 g/mol. The lowest BCUT2D eigenvalue weighted by Crippen LogP contribution is -2.44. The molecule has 1 aromatic heterocycles. The van der Waals surface area contributed by atoms with Gasteiger partial charge in [0, 0.05) is 24.3 Å². The summed E-state index contributed by atoms with van der Waals surface area (Å²) in [5.74, 6) is -1.11. The highest BCUT2D eigenvalue weighted by Gasteiger charge is 2.37. The number of rotatable bonds is 6. The number of hydrogen-bond donors (Lipinski definition) is 1. The number of piperidine rings is 1. The third-order valence-electron chi connectivity index (χ3n) is 5.91. The van der Waals surface area contributed by atoms with Crippen molar-refractivity contribution in [2.45, 2.75) is 31.6 Å². The second-order valence-corrected chi connectivity index (χ2v) is 10.2. The Bertz CT molecular complexity index is 1330. The minimum Gasteiger partial charge on any atom is -0.355 e. The zero-order valence-corrected chi connectivity index (χ0v) is 19.8. The normalized spacial score (nSPS) is 17.2. The third-order valence-corrected chi connectivity index (χ3v) is 7.93. The average molecular weight is 484 g/mol. The number of anilines is 1. The van der Waals surface area contributed by atoms with Crippen molar-refractivity contribution in [3.8, 4) is 0 Å². The van der Waals surface area contributed by atoms with Crippen LogP contribution in [0.3, 0.4) is 0 Å². The lowest BCUT2D eigenvalue weighted by molar-refractivity contribution is -0.120. The van der Waals surface area contributed by atoms with Gasteiger partial charge in [0.25, 0.3) is 0 Å². The van der Waals surface area contributed by atoms with Crippen LogP contribution in [0.2, 0.25) is 0 Å². The second kappa shape index (κ2) is 9.90. The fourth-order valence-corrected chi connectivity index (χ4v) is 5.80. The molecule has 0 spiro atoms. The highest BCUT2D eigenvalue weighted by Crippen LogP contribution is 2.30. The van der Waals surface area contributed by atoms with Crippen molar-refractivity contribution in [2.24, 2.45) is 5.92 Å². The van der Waals surface area contributed by atoms with E-state index in [0.29, 0.717) is 24.1 Å². The number of nitrogens with zero attached hydrogens (tertiary/aromatic N) is 2. The number of halogens is 1. The van der Waals surface area contributed by atoms with E-state index < -0.39 is 21.8 Å². The molecule has 0 unspecified atom stereocenters. The number of sulfonamides is 1.